The molecule has 0 N–H and O–H groups in total. The highest BCUT2D eigenvalue weighted by Crippen LogP contribution is 1.85. The van der Waals surface area contributed by atoms with Crippen LogP contribution in [-0.2, 0) is 13.6 Å². The van der Waals surface area contributed by atoms with E-state index in [1.807, 2.05) is 7.05 Å². The fraction of sp³-hybridized carbons (Fsp3) is 0.571. The second kappa shape index (κ2) is 4.71. The minimum Gasteiger partial charge on any atom is -0.240 e. The fourth-order valence-electron chi connectivity index (χ4n) is 0.892. The van der Waals surface area contributed by atoms with E-state index in [0.29, 0.717) is 0 Å². The number of halogens is 1. The number of hydrogen-bond donors (Lipinski definition) is 0. The Hall–Kier alpha value is -0.0600. The third-order valence-electron chi connectivity index (χ3n) is 1.31. The van der Waals surface area contributed by atoms with E-state index < -0.39 is 0 Å². The van der Waals surface area contributed by atoms with Gasteiger partial charge < -0.3 is 0 Å². The van der Waals surface area contributed by atoms with Gasteiger partial charge in [-0.3, -0.25) is 0 Å². The van der Waals surface area contributed by atoms with Crippen LogP contribution in [0.4, 0.5) is 0 Å². The van der Waals surface area contributed by atoms with Gasteiger partial charge in [0.1, 0.15) is 12.4 Å². The third-order valence-corrected chi connectivity index (χ3v) is 1.31. The van der Waals surface area contributed by atoms with Gasteiger partial charge in [0.15, 0.2) is 0 Å². The minimum atomic E-state index is 0. The second-order valence-electron chi connectivity index (χ2n) is 2.32. The van der Waals surface area contributed by atoms with Gasteiger partial charge in [-0.15, -0.1) is 0 Å². The van der Waals surface area contributed by atoms with Crippen molar-refractivity contribution in [2.75, 3.05) is 0 Å². The summed E-state index contributed by atoms with van der Waals surface area (Å²) in [5.41, 5.74) is 0. The van der Waals surface area contributed by atoms with Gasteiger partial charge >= 0.3 is 0 Å². The summed E-state index contributed by atoms with van der Waals surface area (Å²) in [5, 5.41) is 0. The normalized spacial score (nSPS) is 9.00. The largest absolute Gasteiger partial charge is 0.243 e. The maximum absolute atomic E-state index is 2.18. The van der Waals surface area contributed by atoms with Crippen molar-refractivity contribution in [2.24, 2.45) is 7.05 Å². The predicted molar refractivity (Wildman–Crippen MR) is 38.7 cm³/mol. The van der Waals surface area contributed by atoms with Crippen LogP contribution in [0.3, 0.4) is 0 Å². The minimum absolute atomic E-state index is 0. The Labute approximate surface area is 78.9 Å². The lowest BCUT2D eigenvalue weighted by Gasteiger charge is -1.86. The van der Waals surface area contributed by atoms with Gasteiger partial charge in [0.2, 0.25) is 30.3 Å². The molecule has 0 aliphatic heterocycles. The van der Waals surface area contributed by atoms with Crippen molar-refractivity contribution in [1.29, 1.82) is 0 Å². The lowest BCUT2D eigenvalue weighted by molar-refractivity contribution is -0.671. The highest BCUT2D eigenvalue weighted by Gasteiger charge is 1.94. The highest BCUT2D eigenvalue weighted by molar-refractivity contribution is 4.64. The molecule has 0 spiro atoms. The lowest BCUT2D eigenvalue weighted by Crippen LogP contribution is -3.00. The van der Waals surface area contributed by atoms with E-state index in [0.717, 1.165) is 6.54 Å². The van der Waals surface area contributed by atoms with Gasteiger partial charge in [0.25, 0.3) is 0 Å². The summed E-state index contributed by atoms with van der Waals surface area (Å²) in [5.74, 6) is 0. The third kappa shape index (κ3) is 2.68. The molecule has 0 radical (unpaired) electrons. The fourth-order valence-corrected chi connectivity index (χ4v) is 0.892. The summed E-state index contributed by atoms with van der Waals surface area (Å²) in [7, 11) is 2.03. The summed E-state index contributed by atoms with van der Waals surface area (Å²) < 4.78 is 4.23. The molecule has 0 amide bonds. The molecule has 1 heterocycles. The Morgan fingerprint density at radius 1 is 1.50 bits per heavy atom. The number of imidazole rings is 1. The predicted octanol–water partition coefficient (Wildman–Crippen LogP) is -2.81. The zero-order chi connectivity index (χ0) is 6.69. The summed E-state index contributed by atoms with van der Waals surface area (Å²) in [4.78, 5) is 0. The monoisotopic (exact) mass is 254 g/mol. The number of nitrogens with zero attached hydrogens (tertiary/aromatic N) is 2. The maximum atomic E-state index is 2.18. The van der Waals surface area contributed by atoms with E-state index in [2.05, 4.69) is 34.8 Å². The molecule has 2 nitrogen and oxygen atoms in total. The highest BCUT2D eigenvalue weighted by atomic mass is 127. The number of hydrogen-bond acceptors (Lipinski definition) is 0. The Kier molecular flexibility index (Phi) is 4.68. The van der Waals surface area contributed by atoms with E-state index in [4.69, 9.17) is 0 Å². The standard InChI is InChI=1S/C7H13N2.H2I/c1-3-4-9-6-5-8(2)7-9;/h5-7H,3-4H2,1-2H3;1H2/q2*+1. The van der Waals surface area contributed by atoms with Gasteiger partial charge in [0, 0.05) is 0 Å². The SMILES string of the molecule is CCCn1cc[n+](C)c1.[IH2+]. The van der Waals surface area contributed by atoms with Crippen LogP contribution in [0.1, 0.15) is 13.3 Å². The first-order valence-corrected chi connectivity index (χ1v) is 3.34. The Morgan fingerprint density at radius 3 is 2.60 bits per heavy atom. The zero-order valence-corrected chi connectivity index (χ0v) is 9.04. The average Bonchev–Trinajstić information content (AvgIpc) is 2.17. The van der Waals surface area contributed by atoms with Crippen LogP contribution in [0.15, 0.2) is 18.7 Å². The molecule has 0 aliphatic rings. The van der Waals surface area contributed by atoms with Crippen molar-refractivity contribution in [3.05, 3.63) is 18.7 Å². The van der Waals surface area contributed by atoms with E-state index in [1.54, 1.807) is 0 Å². The second-order valence-corrected chi connectivity index (χ2v) is 2.32. The summed E-state index contributed by atoms with van der Waals surface area (Å²) in [6.07, 6.45) is 7.43. The zero-order valence-electron chi connectivity index (χ0n) is 6.49. The van der Waals surface area contributed by atoms with E-state index in [9.17, 15) is 0 Å². The molecule has 10 heavy (non-hydrogen) atoms. The lowest BCUT2D eigenvalue weighted by atomic mass is 10.5. The Balaban J connectivity index is 0.000000810. The van der Waals surface area contributed by atoms with E-state index >= 15 is 0 Å². The van der Waals surface area contributed by atoms with Crippen molar-refractivity contribution in [1.82, 2.24) is 4.57 Å². The van der Waals surface area contributed by atoms with Crippen molar-refractivity contribution in [2.45, 2.75) is 19.9 Å². The van der Waals surface area contributed by atoms with Crippen LogP contribution in [0.2, 0.25) is 0 Å². The molecule has 3 heteroatoms. The summed E-state index contributed by atoms with van der Waals surface area (Å²) >= 11 is 0. The van der Waals surface area contributed by atoms with Gasteiger partial charge in [0.05, 0.1) is 13.6 Å². The molecule has 58 valence electrons. The molecule has 0 saturated carbocycles. The van der Waals surface area contributed by atoms with Crippen molar-refractivity contribution < 1.29 is 28.5 Å². The molecule has 0 aliphatic carbocycles. The van der Waals surface area contributed by atoms with Crippen LogP contribution >= 0.6 is 0 Å². The van der Waals surface area contributed by atoms with E-state index in [1.165, 1.54) is 6.42 Å². The Morgan fingerprint density at radius 2 is 2.20 bits per heavy atom. The number of aromatic nitrogens is 2. The summed E-state index contributed by atoms with van der Waals surface area (Å²) in [6.45, 7) is 3.31. The van der Waals surface area contributed by atoms with Gasteiger partial charge in [-0.1, -0.05) is 6.92 Å². The first-order valence-electron chi connectivity index (χ1n) is 3.34. The summed E-state index contributed by atoms with van der Waals surface area (Å²) in [6, 6.07) is 0. The Bertz CT molecular complexity index is 183. The van der Waals surface area contributed by atoms with Crippen LogP contribution in [0.5, 0.6) is 0 Å². The van der Waals surface area contributed by atoms with Crippen molar-refractivity contribution >= 4 is 0 Å². The topological polar surface area (TPSA) is 8.81 Å². The quantitative estimate of drug-likeness (QED) is 0.398. The first kappa shape index (κ1) is 9.94. The molecule has 0 bridgehead atoms. The maximum Gasteiger partial charge on any atom is 0.243 e. The van der Waals surface area contributed by atoms with Crippen LogP contribution in [0.25, 0.3) is 0 Å². The van der Waals surface area contributed by atoms with Crippen LogP contribution in [-0.4, -0.2) is 4.57 Å². The molecule has 0 saturated heterocycles. The molecule has 0 fully saturated rings. The van der Waals surface area contributed by atoms with Crippen LogP contribution < -0.4 is 28.5 Å². The van der Waals surface area contributed by atoms with Gasteiger partial charge in [-0.25, -0.2) is 9.13 Å². The van der Waals surface area contributed by atoms with Gasteiger partial charge in [-0.2, -0.15) is 0 Å². The first-order chi connectivity index (χ1) is 4.33. The average molecular weight is 254 g/mol. The van der Waals surface area contributed by atoms with Crippen molar-refractivity contribution in [3.63, 3.8) is 0 Å². The van der Waals surface area contributed by atoms with Crippen molar-refractivity contribution in [3.8, 4) is 0 Å². The molecular weight excluding hydrogens is 239 g/mol. The van der Waals surface area contributed by atoms with Crippen LogP contribution in [0, 0.1) is 0 Å². The molecular formula is C7H15IN2+2. The molecule has 0 unspecified atom stereocenters. The molecule has 0 atom stereocenters. The number of rotatable bonds is 2. The molecule has 1 rings (SSSR count). The number of aryl methyl sites for hydroxylation is 2. The van der Waals surface area contributed by atoms with Gasteiger partial charge in [-0.05, 0) is 6.42 Å². The van der Waals surface area contributed by atoms with E-state index in [-0.39, 0.29) is 24.0 Å². The molecule has 1 aromatic rings. The molecule has 0 aromatic carbocycles. The molecule has 1 aromatic heterocycles. The smallest absolute Gasteiger partial charge is 0.240 e.